The van der Waals surface area contributed by atoms with E-state index in [1.54, 1.807) is 0 Å². The minimum absolute atomic E-state index is 0.00920. The van der Waals surface area contributed by atoms with E-state index in [1.165, 1.54) is 36.5 Å². The molecule has 0 fully saturated rings. The molecule has 0 aliphatic carbocycles. The fourth-order valence-corrected chi connectivity index (χ4v) is 10.9. The zero-order chi connectivity index (χ0) is 56.0. The van der Waals surface area contributed by atoms with Gasteiger partial charge in [0.2, 0.25) is 16.8 Å². The lowest BCUT2D eigenvalue weighted by Gasteiger charge is -2.10. The van der Waals surface area contributed by atoms with Crippen molar-refractivity contribution in [2.24, 2.45) is 10.3 Å². The van der Waals surface area contributed by atoms with E-state index in [-0.39, 0.29) is 16.8 Å². The Kier molecular flexibility index (Phi) is 19.7. The van der Waals surface area contributed by atoms with Gasteiger partial charge in [-0.15, -0.1) is 22.7 Å². The van der Waals surface area contributed by atoms with Gasteiger partial charge >= 0.3 is 5.97 Å². The van der Waals surface area contributed by atoms with Crippen molar-refractivity contribution in [2.45, 2.75) is 67.5 Å². The monoisotopic (exact) mass is 1110 g/mol. The van der Waals surface area contributed by atoms with Crippen LogP contribution in [0.1, 0.15) is 91.5 Å². The van der Waals surface area contributed by atoms with Crippen molar-refractivity contribution in [2.75, 3.05) is 26.4 Å². The Morgan fingerprint density at radius 2 is 0.911 bits per heavy atom. The Morgan fingerprint density at radius 1 is 0.532 bits per heavy atom. The number of thiophene rings is 2. The van der Waals surface area contributed by atoms with Crippen LogP contribution in [-0.4, -0.2) is 75.0 Å². The van der Waals surface area contributed by atoms with Gasteiger partial charge < -0.3 is 28.7 Å². The van der Waals surface area contributed by atoms with E-state index in [2.05, 4.69) is 93.4 Å². The third-order valence-electron chi connectivity index (χ3n) is 13.4. The highest BCUT2D eigenvalue weighted by molar-refractivity contribution is 7.12. The molecular weight excluding hydrogens is 1050 g/mol. The summed E-state index contributed by atoms with van der Waals surface area (Å²) in [7, 11) is 0. The first kappa shape index (κ1) is 57.3. The minimum Gasteiger partial charge on any atom is -0.411 e. The Morgan fingerprint density at radius 3 is 1.28 bits per heavy atom. The highest BCUT2D eigenvalue weighted by atomic mass is 35.5. The Balaban J connectivity index is 0.000000195. The maximum atomic E-state index is 13.2. The Bertz CT molecular complexity index is 3850. The highest BCUT2D eigenvalue weighted by Crippen LogP contribution is 2.34. The molecule has 79 heavy (non-hydrogen) atoms. The van der Waals surface area contributed by atoms with Gasteiger partial charge in [-0.3, -0.25) is 14.4 Å². The summed E-state index contributed by atoms with van der Waals surface area (Å²) in [6.07, 6.45) is 1.04. The van der Waals surface area contributed by atoms with Crippen LogP contribution in [-0.2, 0) is 49.8 Å². The second-order valence-electron chi connectivity index (χ2n) is 18.6. The zero-order valence-corrected chi connectivity index (χ0v) is 47.3. The lowest BCUT2D eigenvalue weighted by Crippen LogP contribution is -2.09. The van der Waals surface area contributed by atoms with E-state index in [1.807, 2.05) is 122 Å². The lowest BCUT2D eigenvalue weighted by molar-refractivity contribution is -0.140. The van der Waals surface area contributed by atoms with Gasteiger partial charge in [0, 0.05) is 119 Å². The molecule has 0 saturated carbocycles. The molecule has 0 unspecified atom stereocenters. The van der Waals surface area contributed by atoms with Gasteiger partial charge in [0.15, 0.2) is 0 Å². The molecule has 4 aromatic heterocycles. The predicted octanol–water partition coefficient (Wildman–Crippen LogP) is 14.6. The molecule has 1 N–H and O–H groups in total. The van der Waals surface area contributed by atoms with Crippen LogP contribution in [0.3, 0.4) is 0 Å². The van der Waals surface area contributed by atoms with E-state index in [9.17, 15) is 24.4 Å². The zero-order valence-electron chi connectivity index (χ0n) is 45.0. The third kappa shape index (κ3) is 13.9. The van der Waals surface area contributed by atoms with Crippen molar-refractivity contribution in [3.8, 4) is 0 Å². The summed E-state index contributed by atoms with van der Waals surface area (Å²) < 4.78 is 15.8. The second-order valence-corrected chi connectivity index (χ2v) is 21.0. The van der Waals surface area contributed by atoms with Crippen molar-refractivity contribution in [1.82, 2.24) is 9.13 Å². The molecule has 0 bridgehead atoms. The largest absolute Gasteiger partial charge is 0.411 e. The number of ether oxygens (including phenoxy) is 2. The fraction of sp³-hybridized carbons (Fsp3) is 0.219. The van der Waals surface area contributed by atoms with Gasteiger partial charge in [-0.25, -0.2) is 4.79 Å². The number of ketones is 2. The summed E-state index contributed by atoms with van der Waals surface area (Å²) in [4.78, 5) is 53.7. The van der Waals surface area contributed by atoms with Crippen LogP contribution in [0.25, 0.3) is 43.6 Å². The van der Waals surface area contributed by atoms with Crippen LogP contribution in [0.2, 0.25) is 0 Å². The smallest absolute Gasteiger partial charge is 0.331 e. The molecule has 12 nitrogen and oxygen atoms in total. The molecule has 0 amide bonds. The first-order chi connectivity index (χ1) is 38.3. The molecule has 0 aliphatic heterocycles. The van der Waals surface area contributed by atoms with Crippen molar-refractivity contribution in [3.05, 3.63) is 211 Å². The maximum Gasteiger partial charge on any atom is 0.331 e. The molecule has 10 rings (SSSR count). The van der Waals surface area contributed by atoms with Crippen LogP contribution in [0.15, 0.2) is 167 Å². The molecular formula is C64H61ClN4O8S2. The first-order valence-electron chi connectivity index (χ1n) is 25.9. The summed E-state index contributed by atoms with van der Waals surface area (Å²) in [5.41, 5.74) is 13.0. The van der Waals surface area contributed by atoms with Crippen LogP contribution < -0.4 is 0 Å². The number of aromatic nitrogens is 2. The molecule has 6 aromatic carbocycles. The van der Waals surface area contributed by atoms with Crippen LogP contribution in [0.4, 0.5) is 0 Å². The number of hydrogen-bond donors (Lipinski definition) is 1. The second kappa shape index (κ2) is 27.2. The summed E-state index contributed by atoms with van der Waals surface area (Å²) in [6, 6.07) is 47.8. The fourth-order valence-electron chi connectivity index (χ4n) is 9.51. The average Bonchev–Trinajstić information content (AvgIpc) is 4.46. The van der Waals surface area contributed by atoms with Gasteiger partial charge in [0.1, 0.15) is 0 Å². The summed E-state index contributed by atoms with van der Waals surface area (Å²) in [5.74, 6) is -0.437. The molecule has 15 heteroatoms. The van der Waals surface area contributed by atoms with E-state index < -0.39 is 5.97 Å². The number of hydrogen-bond acceptors (Lipinski definition) is 12. The van der Waals surface area contributed by atoms with Crippen LogP contribution >= 0.6 is 34.3 Å². The highest BCUT2D eigenvalue weighted by Gasteiger charge is 2.20. The minimum atomic E-state index is -0.470. The first-order valence-corrected chi connectivity index (χ1v) is 28.1. The SMILES string of the molecule is CC(=O)Cl.CCOCCn1c2ccc(C(=O)c3cccs3)cc2c2cc(/C(Cc3ccccc3C)=N\O)ccc21.CCOCCn1c2ccc(C(=O)c3cccs3)cc2c2cc(C(Cc3ccccc3C)=NOC(C)=O)ccc21. The summed E-state index contributed by atoms with van der Waals surface area (Å²) >= 11 is 7.53. The number of fused-ring (bicyclic) bond motifs is 6. The number of benzene rings is 6. The Labute approximate surface area is 472 Å². The molecule has 0 aliphatic rings. The van der Waals surface area contributed by atoms with Crippen molar-refractivity contribution in [1.29, 1.82) is 0 Å². The van der Waals surface area contributed by atoms with Crippen molar-refractivity contribution < 1.29 is 38.7 Å². The van der Waals surface area contributed by atoms with Gasteiger partial charge in [-0.05, 0) is 145 Å². The molecule has 4 heterocycles. The topological polar surface area (TPSA) is 151 Å². The van der Waals surface area contributed by atoms with Gasteiger partial charge in [0.25, 0.3) is 0 Å². The number of halogens is 1. The number of rotatable bonds is 19. The van der Waals surface area contributed by atoms with Gasteiger partial charge in [-0.1, -0.05) is 83.1 Å². The summed E-state index contributed by atoms with van der Waals surface area (Å²) in [5, 5.41) is 25.3. The van der Waals surface area contributed by atoms with Crippen LogP contribution in [0.5, 0.6) is 0 Å². The van der Waals surface area contributed by atoms with Gasteiger partial charge in [0.05, 0.1) is 34.4 Å². The third-order valence-corrected chi connectivity index (χ3v) is 15.1. The maximum absolute atomic E-state index is 13.2. The van der Waals surface area contributed by atoms with Crippen LogP contribution in [0, 0.1) is 13.8 Å². The van der Waals surface area contributed by atoms with E-state index in [0.29, 0.717) is 79.8 Å². The molecule has 0 atom stereocenters. The predicted molar refractivity (Wildman–Crippen MR) is 320 cm³/mol. The number of carbonyl (C=O) groups excluding carboxylic acids is 4. The summed E-state index contributed by atoms with van der Waals surface area (Å²) in [6.45, 7) is 14.6. The average molecular weight is 1110 g/mol. The molecule has 0 spiro atoms. The van der Waals surface area contributed by atoms with Gasteiger partial charge in [-0.2, -0.15) is 0 Å². The molecule has 10 aromatic rings. The van der Waals surface area contributed by atoms with E-state index >= 15 is 0 Å². The molecule has 0 radical (unpaired) electrons. The normalized spacial score (nSPS) is 11.6. The number of aryl methyl sites for hydroxylation is 2. The lowest BCUT2D eigenvalue weighted by atomic mass is 9.97. The quantitative estimate of drug-likeness (QED) is 0.0160. The number of oxime groups is 2. The Hall–Kier alpha value is -7.85. The van der Waals surface area contributed by atoms with Crippen molar-refractivity contribution >= 4 is 112 Å². The standard InChI is InChI=1S/C32H30N2O4S.C30H28N2O3S.C2H3ClO/c1-4-37-16-15-34-29-13-11-24(28(33-38-22(3)35)20-23-9-6-5-8-21(23)2)18-26(29)27-19-25(12-14-30(27)34)32(36)31-10-7-17-39-31;1-3-35-15-14-32-27-12-10-22(26(31-34)19-21-8-5-4-7-20(21)2)17-24(27)25-18-23(11-13-28(25)32)30(33)29-9-6-16-36-29;1-2(3)4/h5-14,17-19H,4,15-16,20H2,1-3H3;4-13,16-18,34H,3,14-15,19H2,1-2H3;1H3/b;31-26-;. The van der Waals surface area contributed by atoms with Crippen molar-refractivity contribution in [3.63, 3.8) is 0 Å². The van der Waals surface area contributed by atoms with E-state index in [0.717, 1.165) is 81.9 Å². The number of nitrogens with zero attached hydrogens (tertiary/aromatic N) is 4. The van der Waals surface area contributed by atoms with E-state index in [4.69, 9.17) is 14.3 Å². The molecule has 404 valence electrons. The molecule has 0 saturated heterocycles. The number of carbonyl (C=O) groups is 4.